The maximum absolute atomic E-state index is 15.0. The molecular formula is C25H27F6N5O3. The van der Waals surface area contributed by atoms with Crippen LogP contribution in [-0.4, -0.2) is 66.4 Å². The number of alkyl halides is 5. The molecule has 3 aromatic rings. The minimum Gasteiger partial charge on any atom is -0.390 e. The van der Waals surface area contributed by atoms with Crippen molar-refractivity contribution >= 4 is 22.4 Å². The van der Waals surface area contributed by atoms with Crippen LogP contribution < -0.4 is 10.2 Å². The van der Waals surface area contributed by atoms with Crippen LogP contribution in [0.1, 0.15) is 35.5 Å². The molecule has 4 rings (SSSR count). The number of hydrogen-bond donors (Lipinski definition) is 2. The van der Waals surface area contributed by atoms with E-state index in [1.54, 1.807) is 0 Å². The standard InChI is InChI=1S/C25H27F6N5O3/c1-12(14-6-5-7-16(20(14)26)24(27,28)11-37)32-23-15-8-17(36-9-18(38-3)19(10-36)39-4)22(25(29,30)31)33-21(15)13(2)34-35-23/h5-8,12,18-19,37H,9-11H2,1-4H3,(H,32,35)/t12-,18-,19+/m1/s1. The molecule has 1 aliphatic heterocycles. The molecule has 0 saturated carbocycles. The van der Waals surface area contributed by atoms with Crippen LogP contribution >= 0.6 is 0 Å². The van der Waals surface area contributed by atoms with Gasteiger partial charge in [0.25, 0.3) is 5.92 Å². The van der Waals surface area contributed by atoms with Crippen LogP contribution in [0.25, 0.3) is 10.9 Å². The Labute approximate surface area is 219 Å². The molecule has 3 atom stereocenters. The molecular weight excluding hydrogens is 532 g/mol. The van der Waals surface area contributed by atoms with Crippen LogP contribution in [0.15, 0.2) is 24.3 Å². The van der Waals surface area contributed by atoms with E-state index in [1.165, 1.54) is 51.2 Å². The summed E-state index contributed by atoms with van der Waals surface area (Å²) in [5.41, 5.74) is -2.45. The van der Waals surface area contributed by atoms with Gasteiger partial charge in [-0.1, -0.05) is 12.1 Å². The summed E-state index contributed by atoms with van der Waals surface area (Å²) in [4.78, 5) is 5.38. The molecule has 14 heteroatoms. The second-order valence-electron chi connectivity index (χ2n) is 9.27. The first-order valence-electron chi connectivity index (χ1n) is 11.9. The van der Waals surface area contributed by atoms with E-state index in [0.29, 0.717) is 0 Å². The monoisotopic (exact) mass is 559 g/mol. The van der Waals surface area contributed by atoms with Gasteiger partial charge < -0.3 is 24.8 Å². The number of aryl methyl sites for hydroxylation is 1. The van der Waals surface area contributed by atoms with Crippen LogP contribution in [-0.2, 0) is 21.6 Å². The second-order valence-corrected chi connectivity index (χ2v) is 9.27. The molecule has 8 nitrogen and oxygen atoms in total. The smallest absolute Gasteiger partial charge is 0.390 e. The van der Waals surface area contributed by atoms with Crippen LogP contribution in [0.3, 0.4) is 0 Å². The van der Waals surface area contributed by atoms with Gasteiger partial charge in [0, 0.05) is 38.3 Å². The predicted octanol–water partition coefficient (Wildman–Crippen LogP) is 4.60. The predicted molar refractivity (Wildman–Crippen MR) is 130 cm³/mol. The summed E-state index contributed by atoms with van der Waals surface area (Å²) in [7, 11) is 2.88. The number of hydrogen-bond acceptors (Lipinski definition) is 8. The number of nitrogens with zero attached hydrogens (tertiary/aromatic N) is 4. The lowest BCUT2D eigenvalue weighted by Gasteiger charge is -2.24. The quantitative estimate of drug-likeness (QED) is 0.387. The molecule has 1 fully saturated rings. The summed E-state index contributed by atoms with van der Waals surface area (Å²) in [6, 6.07) is 3.68. The highest BCUT2D eigenvalue weighted by Gasteiger charge is 2.42. The number of aliphatic hydroxyl groups is 1. The summed E-state index contributed by atoms with van der Waals surface area (Å²) in [5.74, 6) is -5.05. The van der Waals surface area contributed by atoms with Gasteiger partial charge in [-0.25, -0.2) is 9.37 Å². The molecule has 0 aliphatic carbocycles. The van der Waals surface area contributed by atoms with Gasteiger partial charge in [0.15, 0.2) is 11.5 Å². The van der Waals surface area contributed by atoms with E-state index < -0.39 is 54.0 Å². The van der Waals surface area contributed by atoms with Crippen molar-refractivity contribution in [1.29, 1.82) is 0 Å². The van der Waals surface area contributed by atoms with E-state index in [1.807, 2.05) is 0 Å². The zero-order chi connectivity index (χ0) is 28.7. The van der Waals surface area contributed by atoms with Gasteiger partial charge in [-0.15, -0.1) is 5.10 Å². The van der Waals surface area contributed by atoms with Crippen molar-refractivity contribution in [3.05, 3.63) is 52.6 Å². The van der Waals surface area contributed by atoms with Gasteiger partial charge in [0.2, 0.25) is 0 Å². The lowest BCUT2D eigenvalue weighted by Crippen LogP contribution is -2.27. The van der Waals surface area contributed by atoms with Crippen LogP contribution in [0.5, 0.6) is 0 Å². The molecule has 39 heavy (non-hydrogen) atoms. The van der Waals surface area contributed by atoms with Crippen molar-refractivity contribution in [2.45, 2.75) is 44.2 Å². The van der Waals surface area contributed by atoms with Gasteiger partial charge in [-0.2, -0.15) is 27.1 Å². The van der Waals surface area contributed by atoms with Crippen molar-refractivity contribution in [2.75, 3.05) is 44.1 Å². The fourth-order valence-electron chi connectivity index (χ4n) is 4.67. The van der Waals surface area contributed by atoms with Gasteiger partial charge in [0.05, 0.1) is 28.5 Å². The Morgan fingerprint density at radius 2 is 1.74 bits per heavy atom. The number of anilines is 2. The first-order valence-corrected chi connectivity index (χ1v) is 11.9. The van der Waals surface area contributed by atoms with E-state index in [0.717, 1.165) is 6.07 Å². The largest absolute Gasteiger partial charge is 0.435 e. The molecule has 3 heterocycles. The minimum atomic E-state index is -4.80. The van der Waals surface area contributed by atoms with Crippen LogP contribution in [0.2, 0.25) is 0 Å². The minimum absolute atomic E-state index is 0.0184. The first kappa shape index (κ1) is 28.8. The maximum atomic E-state index is 15.0. The van der Waals surface area contributed by atoms with E-state index in [9.17, 15) is 22.0 Å². The van der Waals surface area contributed by atoms with Crippen LogP contribution in [0, 0.1) is 12.7 Å². The fraction of sp³-hybridized carbons (Fsp3) is 0.480. The summed E-state index contributed by atoms with van der Waals surface area (Å²) in [6.07, 6.45) is -5.75. The zero-order valence-corrected chi connectivity index (χ0v) is 21.5. The van der Waals surface area contributed by atoms with Crippen molar-refractivity contribution in [2.24, 2.45) is 0 Å². The molecule has 0 unspecified atom stereocenters. The Morgan fingerprint density at radius 3 is 2.31 bits per heavy atom. The van der Waals surface area contributed by atoms with E-state index in [2.05, 4.69) is 20.5 Å². The highest BCUT2D eigenvalue weighted by Crippen LogP contribution is 2.41. The number of methoxy groups -OCH3 is 2. The SMILES string of the molecule is CO[C@H]1CN(c2cc3c(N[C@H](C)c4cccc(C(F)(F)CO)c4F)nnc(C)c3nc2C(F)(F)F)C[C@H]1OC. The Hall–Kier alpha value is -3.23. The topological polar surface area (TPSA) is 92.6 Å². The Balaban J connectivity index is 1.81. The molecule has 0 radical (unpaired) electrons. The summed E-state index contributed by atoms with van der Waals surface area (Å²) in [5, 5.41) is 20.0. The van der Waals surface area contributed by atoms with Crippen molar-refractivity contribution in [3.63, 3.8) is 0 Å². The van der Waals surface area contributed by atoms with Gasteiger partial charge in [-0.05, 0) is 26.0 Å². The number of nitrogens with one attached hydrogen (secondary N) is 1. The highest BCUT2D eigenvalue weighted by atomic mass is 19.4. The Morgan fingerprint density at radius 1 is 1.10 bits per heavy atom. The third kappa shape index (κ3) is 5.45. The van der Waals surface area contributed by atoms with Crippen LogP contribution in [0.4, 0.5) is 37.8 Å². The van der Waals surface area contributed by atoms with Crippen molar-refractivity contribution in [1.82, 2.24) is 15.2 Å². The fourth-order valence-corrected chi connectivity index (χ4v) is 4.67. The van der Waals surface area contributed by atoms with Gasteiger partial charge in [-0.3, -0.25) is 0 Å². The highest BCUT2D eigenvalue weighted by molar-refractivity contribution is 5.93. The van der Waals surface area contributed by atoms with Gasteiger partial charge in [0.1, 0.15) is 24.6 Å². The molecule has 1 aromatic carbocycles. The number of rotatable bonds is 8. The molecule has 1 aliphatic rings. The zero-order valence-electron chi connectivity index (χ0n) is 21.5. The van der Waals surface area contributed by atoms with E-state index >= 15 is 4.39 Å². The van der Waals surface area contributed by atoms with E-state index in [4.69, 9.17) is 14.6 Å². The molecule has 0 bridgehead atoms. The first-order chi connectivity index (χ1) is 18.3. The Kier molecular flexibility index (Phi) is 7.92. The molecule has 2 aromatic heterocycles. The van der Waals surface area contributed by atoms with Crippen molar-refractivity contribution < 1.29 is 40.9 Å². The molecule has 2 N–H and O–H groups in total. The summed E-state index contributed by atoms with van der Waals surface area (Å²) >= 11 is 0. The number of aliphatic hydroxyl groups excluding tert-OH is 1. The number of ether oxygens (including phenoxy) is 2. The molecule has 0 amide bonds. The van der Waals surface area contributed by atoms with Gasteiger partial charge >= 0.3 is 6.18 Å². The summed E-state index contributed by atoms with van der Waals surface area (Å²) in [6.45, 7) is 1.56. The lowest BCUT2D eigenvalue weighted by molar-refractivity contribution is -0.140. The average molecular weight is 560 g/mol. The summed E-state index contributed by atoms with van der Waals surface area (Å²) < 4.78 is 96.3. The van der Waals surface area contributed by atoms with Crippen molar-refractivity contribution in [3.8, 4) is 0 Å². The number of fused-ring (bicyclic) bond motifs is 1. The Bertz CT molecular complexity index is 1340. The van der Waals surface area contributed by atoms with E-state index in [-0.39, 0.29) is 46.8 Å². The molecule has 212 valence electrons. The maximum Gasteiger partial charge on any atom is 0.435 e. The average Bonchev–Trinajstić information content (AvgIpc) is 3.32. The third-order valence-corrected chi connectivity index (χ3v) is 6.77. The lowest BCUT2D eigenvalue weighted by atomic mass is 10.00. The number of halogens is 6. The number of aromatic nitrogens is 3. The normalized spacial score (nSPS) is 19.1. The third-order valence-electron chi connectivity index (χ3n) is 6.77. The molecule has 1 saturated heterocycles. The molecule has 0 spiro atoms. The number of benzene rings is 1. The number of pyridine rings is 1. The second kappa shape index (κ2) is 10.7.